The van der Waals surface area contributed by atoms with E-state index in [2.05, 4.69) is 17.1 Å². The lowest BCUT2D eigenvalue weighted by molar-refractivity contribution is 0.501. The molecule has 2 nitrogen and oxygen atoms in total. The van der Waals surface area contributed by atoms with E-state index in [1.807, 2.05) is 18.2 Å². The van der Waals surface area contributed by atoms with E-state index in [1.165, 1.54) is 0 Å². The van der Waals surface area contributed by atoms with Gasteiger partial charge >= 0.3 is 0 Å². The van der Waals surface area contributed by atoms with Crippen molar-refractivity contribution in [1.29, 1.82) is 0 Å². The Labute approximate surface area is 112 Å². The van der Waals surface area contributed by atoms with Crippen molar-refractivity contribution in [2.24, 2.45) is 0 Å². The Morgan fingerprint density at radius 2 is 1.94 bits per heavy atom. The maximum absolute atomic E-state index is 6.18. The van der Waals surface area contributed by atoms with Crippen LogP contribution in [0.3, 0.4) is 0 Å². The molecule has 1 saturated heterocycles. The first-order valence-corrected chi connectivity index (χ1v) is 5.87. The number of benzene rings is 1. The zero-order valence-corrected chi connectivity index (χ0v) is 11.4. The Balaban J connectivity index is 0.00000128. The van der Waals surface area contributed by atoms with Gasteiger partial charge in [0.1, 0.15) is 0 Å². The second-order valence-corrected chi connectivity index (χ2v) is 4.63. The molecule has 2 rings (SSSR count). The molecule has 0 radical (unpaired) electrons. The molecule has 0 aromatic heterocycles. The van der Waals surface area contributed by atoms with Gasteiger partial charge in [-0.3, -0.25) is 0 Å². The van der Waals surface area contributed by atoms with Crippen LogP contribution in [-0.2, 0) is 0 Å². The first kappa shape index (κ1) is 13.9. The predicted octanol–water partition coefficient (Wildman–Crippen LogP) is 3.21. The third kappa shape index (κ3) is 2.75. The van der Waals surface area contributed by atoms with Gasteiger partial charge in [-0.05, 0) is 19.1 Å². The Morgan fingerprint density at radius 3 is 2.50 bits per heavy atom. The molecule has 0 unspecified atom stereocenters. The van der Waals surface area contributed by atoms with Crippen LogP contribution < -0.4 is 10.2 Å². The molecule has 1 N–H and O–H groups in total. The lowest BCUT2D eigenvalue weighted by atomic mass is 10.2. The molecule has 0 amide bonds. The van der Waals surface area contributed by atoms with E-state index in [4.69, 9.17) is 23.2 Å². The Bertz CT molecular complexity index is 337. The van der Waals surface area contributed by atoms with E-state index in [-0.39, 0.29) is 12.4 Å². The fourth-order valence-electron chi connectivity index (χ4n) is 1.94. The maximum atomic E-state index is 6.18. The quantitative estimate of drug-likeness (QED) is 0.850. The van der Waals surface area contributed by atoms with Crippen molar-refractivity contribution in [3.05, 3.63) is 28.2 Å². The van der Waals surface area contributed by atoms with Gasteiger partial charge in [0.15, 0.2) is 0 Å². The summed E-state index contributed by atoms with van der Waals surface area (Å²) in [6, 6.07) is 6.08. The molecule has 1 aromatic rings. The van der Waals surface area contributed by atoms with Crippen LogP contribution in [-0.4, -0.2) is 25.7 Å². The molecule has 0 saturated carbocycles. The number of nitrogens with one attached hydrogen (secondary N) is 1. The summed E-state index contributed by atoms with van der Waals surface area (Å²) in [5.74, 6) is 0. The number of halogens is 3. The van der Waals surface area contributed by atoms with Gasteiger partial charge in [0.2, 0.25) is 0 Å². The summed E-state index contributed by atoms with van der Waals surface area (Å²) in [7, 11) is 0. The van der Waals surface area contributed by atoms with Gasteiger partial charge in [-0.25, -0.2) is 0 Å². The minimum Gasteiger partial charge on any atom is -0.364 e. The molecule has 1 aromatic carbocycles. The van der Waals surface area contributed by atoms with Crippen LogP contribution in [0, 0.1) is 0 Å². The summed E-state index contributed by atoms with van der Waals surface area (Å²) in [6.45, 7) is 5.07. The minimum atomic E-state index is 0. The molecule has 16 heavy (non-hydrogen) atoms. The highest BCUT2D eigenvalue weighted by Gasteiger charge is 2.22. The Morgan fingerprint density at radius 1 is 1.31 bits per heavy atom. The molecule has 1 heterocycles. The van der Waals surface area contributed by atoms with Crippen LogP contribution in [0.5, 0.6) is 0 Å². The third-order valence-corrected chi connectivity index (χ3v) is 3.34. The van der Waals surface area contributed by atoms with E-state index in [9.17, 15) is 0 Å². The highest BCUT2D eigenvalue weighted by molar-refractivity contribution is 6.39. The Hall–Kier alpha value is -0.150. The van der Waals surface area contributed by atoms with Gasteiger partial charge in [0.25, 0.3) is 0 Å². The van der Waals surface area contributed by atoms with E-state index < -0.39 is 0 Å². The summed E-state index contributed by atoms with van der Waals surface area (Å²) < 4.78 is 0. The summed E-state index contributed by atoms with van der Waals surface area (Å²) in [4.78, 5) is 2.27. The fourth-order valence-corrected chi connectivity index (χ4v) is 2.55. The second-order valence-electron chi connectivity index (χ2n) is 3.82. The number of para-hydroxylation sites is 1. The van der Waals surface area contributed by atoms with Gasteiger partial charge in [0, 0.05) is 25.7 Å². The Kier molecular flexibility index (Phi) is 5.19. The summed E-state index contributed by atoms with van der Waals surface area (Å²) in [5.41, 5.74) is 0.967. The molecule has 5 heteroatoms. The van der Waals surface area contributed by atoms with Crippen molar-refractivity contribution in [3.8, 4) is 0 Å². The molecule has 1 fully saturated rings. The van der Waals surface area contributed by atoms with Gasteiger partial charge in [-0.15, -0.1) is 12.4 Å². The lowest BCUT2D eigenvalue weighted by Gasteiger charge is -2.36. The summed E-state index contributed by atoms with van der Waals surface area (Å²) in [6.07, 6.45) is 0. The molecule has 0 bridgehead atoms. The molecular weight excluding hydrogens is 266 g/mol. The smallest absolute Gasteiger partial charge is 0.0748 e. The zero-order chi connectivity index (χ0) is 10.8. The normalized spacial score (nSPS) is 20.4. The van der Waals surface area contributed by atoms with Crippen LogP contribution in [0.2, 0.25) is 10.0 Å². The first-order valence-electron chi connectivity index (χ1n) is 5.11. The van der Waals surface area contributed by atoms with Gasteiger partial charge < -0.3 is 10.2 Å². The van der Waals surface area contributed by atoms with E-state index in [0.29, 0.717) is 6.04 Å². The molecule has 0 spiro atoms. The molecule has 0 aliphatic carbocycles. The van der Waals surface area contributed by atoms with Crippen molar-refractivity contribution in [2.45, 2.75) is 13.0 Å². The monoisotopic (exact) mass is 280 g/mol. The molecule has 1 aliphatic rings. The number of rotatable bonds is 1. The highest BCUT2D eigenvalue weighted by atomic mass is 35.5. The van der Waals surface area contributed by atoms with Crippen LogP contribution >= 0.6 is 35.6 Å². The predicted molar refractivity (Wildman–Crippen MR) is 73.4 cm³/mol. The number of piperazine rings is 1. The van der Waals surface area contributed by atoms with E-state index >= 15 is 0 Å². The van der Waals surface area contributed by atoms with Gasteiger partial charge in [-0.1, -0.05) is 29.3 Å². The SMILES string of the molecule is C[C@@H]1CNCCN1c1c(Cl)cccc1Cl.Cl. The molecule has 1 atom stereocenters. The number of nitrogens with zero attached hydrogens (tertiary/aromatic N) is 1. The molecule has 1 aliphatic heterocycles. The van der Waals surface area contributed by atoms with Crippen molar-refractivity contribution in [1.82, 2.24) is 5.32 Å². The van der Waals surface area contributed by atoms with Crippen LogP contribution in [0.1, 0.15) is 6.92 Å². The van der Waals surface area contributed by atoms with Crippen molar-refractivity contribution in [2.75, 3.05) is 24.5 Å². The number of hydrogen-bond donors (Lipinski definition) is 1. The summed E-state index contributed by atoms with van der Waals surface area (Å²) >= 11 is 12.4. The zero-order valence-electron chi connectivity index (χ0n) is 9.04. The van der Waals surface area contributed by atoms with E-state index in [0.717, 1.165) is 35.4 Å². The number of hydrogen-bond acceptors (Lipinski definition) is 2. The minimum absolute atomic E-state index is 0. The number of anilines is 1. The van der Waals surface area contributed by atoms with Crippen molar-refractivity contribution < 1.29 is 0 Å². The second kappa shape index (κ2) is 5.97. The van der Waals surface area contributed by atoms with Crippen molar-refractivity contribution >= 4 is 41.3 Å². The maximum Gasteiger partial charge on any atom is 0.0748 e. The molecular formula is C11H15Cl3N2. The summed E-state index contributed by atoms with van der Waals surface area (Å²) in [5, 5.41) is 4.81. The topological polar surface area (TPSA) is 15.3 Å². The standard InChI is InChI=1S/C11H14Cl2N2.ClH/c1-8-7-14-5-6-15(8)11-9(12)3-2-4-10(11)13;/h2-4,8,14H,5-7H2,1H3;1H/t8-;/m1./s1. The fraction of sp³-hybridized carbons (Fsp3) is 0.455. The van der Waals surface area contributed by atoms with Crippen LogP contribution in [0.4, 0.5) is 5.69 Å². The highest BCUT2D eigenvalue weighted by Crippen LogP contribution is 2.34. The average molecular weight is 282 g/mol. The lowest BCUT2D eigenvalue weighted by Crippen LogP contribution is -2.50. The van der Waals surface area contributed by atoms with Crippen molar-refractivity contribution in [3.63, 3.8) is 0 Å². The molecule has 90 valence electrons. The van der Waals surface area contributed by atoms with E-state index in [1.54, 1.807) is 0 Å². The van der Waals surface area contributed by atoms with Gasteiger partial charge in [0.05, 0.1) is 15.7 Å². The first-order chi connectivity index (χ1) is 7.20. The van der Waals surface area contributed by atoms with Gasteiger partial charge in [-0.2, -0.15) is 0 Å². The van der Waals surface area contributed by atoms with Crippen LogP contribution in [0.25, 0.3) is 0 Å². The third-order valence-electron chi connectivity index (χ3n) is 2.73. The largest absolute Gasteiger partial charge is 0.364 e. The average Bonchev–Trinajstić information content (AvgIpc) is 2.20. The van der Waals surface area contributed by atoms with Crippen LogP contribution in [0.15, 0.2) is 18.2 Å².